The first-order chi connectivity index (χ1) is 9.69. The first kappa shape index (κ1) is 14.6. The van der Waals surface area contributed by atoms with Gasteiger partial charge in [0.05, 0.1) is 12.2 Å². The Labute approximate surface area is 120 Å². The summed E-state index contributed by atoms with van der Waals surface area (Å²) in [5, 5.41) is 7.97. The third kappa shape index (κ3) is 2.84. The van der Waals surface area contributed by atoms with Crippen LogP contribution in [0, 0.1) is 5.41 Å². The molecular formula is C16H23N3O. The van der Waals surface area contributed by atoms with Crippen LogP contribution in [-0.4, -0.2) is 18.3 Å². The van der Waals surface area contributed by atoms with Crippen LogP contribution < -0.4 is 10.5 Å². The molecule has 0 unspecified atom stereocenters. The summed E-state index contributed by atoms with van der Waals surface area (Å²) < 4.78 is 5.60. The van der Waals surface area contributed by atoms with Crippen LogP contribution >= 0.6 is 0 Å². The summed E-state index contributed by atoms with van der Waals surface area (Å²) >= 11 is 0. The summed E-state index contributed by atoms with van der Waals surface area (Å²) in [7, 11) is 0. The summed E-state index contributed by atoms with van der Waals surface area (Å²) in [6.07, 6.45) is 5.86. The molecule has 2 rings (SSSR count). The van der Waals surface area contributed by atoms with E-state index in [0.29, 0.717) is 18.2 Å². The van der Waals surface area contributed by atoms with E-state index in [9.17, 15) is 0 Å². The molecule has 1 aliphatic rings. The van der Waals surface area contributed by atoms with Crippen molar-refractivity contribution in [3.05, 3.63) is 28.8 Å². The molecule has 0 saturated heterocycles. The molecule has 1 heterocycles. The molecule has 0 radical (unpaired) electrons. The predicted molar refractivity (Wildman–Crippen MR) is 83.0 cm³/mol. The van der Waals surface area contributed by atoms with Gasteiger partial charge in [-0.05, 0) is 31.4 Å². The van der Waals surface area contributed by atoms with Crippen molar-refractivity contribution in [1.82, 2.24) is 0 Å². The number of ether oxygens (including phenoxy) is 1. The van der Waals surface area contributed by atoms with E-state index >= 15 is 0 Å². The van der Waals surface area contributed by atoms with Gasteiger partial charge in [0.1, 0.15) is 11.6 Å². The molecule has 0 bridgehead atoms. The molecule has 3 N–H and O–H groups in total. The van der Waals surface area contributed by atoms with E-state index in [0.717, 1.165) is 24.0 Å². The van der Waals surface area contributed by atoms with Gasteiger partial charge in [-0.3, -0.25) is 5.41 Å². The molecule has 108 valence electrons. The molecule has 1 aliphatic heterocycles. The Morgan fingerprint density at radius 2 is 1.95 bits per heavy atom. The van der Waals surface area contributed by atoms with Crippen LogP contribution in [-0.2, 0) is 6.42 Å². The standard InChI is InChI=1S/C16H23N3O/c1-3-5-6-7-8-11-9-10-12(20-4-2)14-13(11)15(17)19-16(14)18/h9-10H,3-8H2,1-2H3,(H3,17,18,19). The first-order valence-electron chi connectivity index (χ1n) is 7.41. The van der Waals surface area contributed by atoms with Crippen molar-refractivity contribution in [2.45, 2.75) is 46.0 Å². The van der Waals surface area contributed by atoms with Gasteiger partial charge in [0.15, 0.2) is 5.84 Å². The molecule has 4 heteroatoms. The van der Waals surface area contributed by atoms with Gasteiger partial charge >= 0.3 is 0 Å². The van der Waals surface area contributed by atoms with E-state index in [1.807, 2.05) is 13.0 Å². The Hall–Kier alpha value is -1.84. The monoisotopic (exact) mass is 273 g/mol. The normalized spacial score (nSPS) is 13.3. The van der Waals surface area contributed by atoms with E-state index in [1.54, 1.807) is 0 Å². The molecule has 0 aliphatic carbocycles. The van der Waals surface area contributed by atoms with E-state index in [4.69, 9.17) is 15.9 Å². The van der Waals surface area contributed by atoms with Crippen LogP contribution in [0.4, 0.5) is 0 Å². The lowest BCUT2D eigenvalue weighted by Gasteiger charge is -2.13. The van der Waals surface area contributed by atoms with E-state index in [1.165, 1.54) is 24.8 Å². The number of nitrogens with two attached hydrogens (primary N) is 1. The number of nitrogens with one attached hydrogen (secondary N) is 1. The van der Waals surface area contributed by atoms with Crippen LogP contribution in [0.25, 0.3) is 0 Å². The van der Waals surface area contributed by atoms with Gasteiger partial charge in [0.25, 0.3) is 0 Å². The Morgan fingerprint density at radius 3 is 2.65 bits per heavy atom. The minimum Gasteiger partial charge on any atom is -0.493 e. The van der Waals surface area contributed by atoms with E-state index in [2.05, 4.69) is 18.0 Å². The van der Waals surface area contributed by atoms with Crippen molar-refractivity contribution in [2.75, 3.05) is 6.61 Å². The van der Waals surface area contributed by atoms with Crippen molar-refractivity contribution in [3.63, 3.8) is 0 Å². The average molecular weight is 273 g/mol. The van der Waals surface area contributed by atoms with E-state index < -0.39 is 0 Å². The highest BCUT2D eigenvalue weighted by atomic mass is 16.5. The molecule has 0 amide bonds. The van der Waals surface area contributed by atoms with Gasteiger partial charge in [0, 0.05) is 5.56 Å². The number of hydrogen-bond donors (Lipinski definition) is 2. The van der Waals surface area contributed by atoms with Crippen molar-refractivity contribution in [2.24, 2.45) is 10.7 Å². The first-order valence-corrected chi connectivity index (χ1v) is 7.41. The largest absolute Gasteiger partial charge is 0.493 e. The molecule has 0 spiro atoms. The molecule has 4 nitrogen and oxygen atoms in total. The van der Waals surface area contributed by atoms with Gasteiger partial charge < -0.3 is 10.5 Å². The summed E-state index contributed by atoms with van der Waals surface area (Å²) in [5.74, 6) is 1.39. The lowest BCUT2D eigenvalue weighted by atomic mass is 9.96. The number of benzene rings is 1. The fraction of sp³-hybridized carbons (Fsp3) is 0.500. The molecule has 0 atom stereocenters. The maximum absolute atomic E-state index is 7.97. The Kier molecular flexibility index (Phi) is 4.77. The number of rotatable bonds is 7. The summed E-state index contributed by atoms with van der Waals surface area (Å²) in [4.78, 5) is 4.10. The SMILES string of the molecule is CCCCCCc1ccc(OCC)c2c1C(N)=NC2=N. The third-order valence-corrected chi connectivity index (χ3v) is 3.58. The van der Waals surface area contributed by atoms with Crippen LogP contribution in [0.15, 0.2) is 17.1 Å². The molecule has 20 heavy (non-hydrogen) atoms. The number of aliphatic imine (C=N–C) groups is 1. The minimum absolute atomic E-state index is 0.219. The molecule has 0 fully saturated rings. The molecule has 0 saturated carbocycles. The maximum atomic E-state index is 7.97. The highest BCUT2D eigenvalue weighted by Gasteiger charge is 2.25. The van der Waals surface area contributed by atoms with Gasteiger partial charge in [-0.2, -0.15) is 0 Å². The van der Waals surface area contributed by atoms with Gasteiger partial charge in [-0.1, -0.05) is 32.3 Å². The molecule has 1 aromatic rings. The quantitative estimate of drug-likeness (QED) is 0.748. The summed E-state index contributed by atoms with van der Waals surface area (Å²) in [6, 6.07) is 4.01. The fourth-order valence-electron chi connectivity index (χ4n) is 2.61. The number of amidine groups is 2. The van der Waals surface area contributed by atoms with Crippen molar-refractivity contribution in [3.8, 4) is 5.75 Å². The topological polar surface area (TPSA) is 71.5 Å². The number of unbranched alkanes of at least 4 members (excludes halogenated alkanes) is 3. The highest BCUT2D eigenvalue weighted by molar-refractivity contribution is 6.22. The lowest BCUT2D eigenvalue weighted by molar-refractivity contribution is 0.339. The van der Waals surface area contributed by atoms with Crippen molar-refractivity contribution >= 4 is 11.7 Å². The predicted octanol–water partition coefficient (Wildman–Crippen LogP) is 3.25. The third-order valence-electron chi connectivity index (χ3n) is 3.58. The van der Waals surface area contributed by atoms with Crippen LogP contribution in [0.5, 0.6) is 5.75 Å². The van der Waals surface area contributed by atoms with E-state index in [-0.39, 0.29) is 5.84 Å². The summed E-state index contributed by atoms with van der Waals surface area (Å²) in [5.41, 5.74) is 8.85. The van der Waals surface area contributed by atoms with Crippen LogP contribution in [0.1, 0.15) is 56.2 Å². The summed E-state index contributed by atoms with van der Waals surface area (Å²) in [6.45, 7) is 4.73. The second-order valence-electron chi connectivity index (χ2n) is 5.06. The number of nitrogens with zero attached hydrogens (tertiary/aromatic N) is 1. The van der Waals surface area contributed by atoms with Gasteiger partial charge in [0.2, 0.25) is 0 Å². The minimum atomic E-state index is 0.219. The Bertz CT molecular complexity index is 535. The molecule has 0 aromatic heterocycles. The Balaban J connectivity index is 2.26. The molecular weight excluding hydrogens is 250 g/mol. The zero-order chi connectivity index (χ0) is 14.5. The van der Waals surface area contributed by atoms with Crippen LogP contribution in [0.3, 0.4) is 0 Å². The maximum Gasteiger partial charge on any atom is 0.158 e. The van der Waals surface area contributed by atoms with Crippen LogP contribution in [0.2, 0.25) is 0 Å². The van der Waals surface area contributed by atoms with Crippen molar-refractivity contribution in [1.29, 1.82) is 5.41 Å². The smallest absolute Gasteiger partial charge is 0.158 e. The average Bonchev–Trinajstić information content (AvgIpc) is 2.73. The molecule has 1 aromatic carbocycles. The number of hydrogen-bond acceptors (Lipinski definition) is 3. The Morgan fingerprint density at radius 1 is 1.15 bits per heavy atom. The van der Waals surface area contributed by atoms with Gasteiger partial charge in [-0.15, -0.1) is 0 Å². The highest BCUT2D eigenvalue weighted by Crippen LogP contribution is 2.31. The van der Waals surface area contributed by atoms with Crippen molar-refractivity contribution < 1.29 is 4.74 Å². The number of fused-ring (bicyclic) bond motifs is 1. The van der Waals surface area contributed by atoms with Gasteiger partial charge in [-0.25, -0.2) is 4.99 Å². The second-order valence-corrected chi connectivity index (χ2v) is 5.06. The second kappa shape index (κ2) is 6.55. The number of aryl methyl sites for hydroxylation is 1. The lowest BCUT2D eigenvalue weighted by Crippen LogP contribution is -2.14. The zero-order valence-corrected chi connectivity index (χ0v) is 12.3. The fourth-order valence-corrected chi connectivity index (χ4v) is 2.61. The zero-order valence-electron chi connectivity index (χ0n) is 12.3.